The van der Waals surface area contributed by atoms with Crippen molar-refractivity contribution < 1.29 is 54.0 Å². The van der Waals surface area contributed by atoms with Gasteiger partial charge in [0.1, 0.15) is 99.8 Å². The number of nitrogens with one attached hydrogen (secondary N) is 4. The molecule has 9 aromatic rings. The molecule has 10 bridgehead atoms. The number of rotatable bonds is 12. The fourth-order valence-electron chi connectivity index (χ4n) is 10.2. The molecule has 10 N–H and O–H groups in total. The predicted octanol–water partition coefficient (Wildman–Crippen LogP) is 8.67. The molecule has 7 unspecified atom stereocenters. The lowest BCUT2D eigenvalue weighted by atomic mass is 9.91. The van der Waals surface area contributed by atoms with Crippen LogP contribution in [-0.2, 0) is 20.8 Å². The molecule has 0 aliphatic carbocycles. The Bertz CT molecular complexity index is 4380. The molecule has 24 nitrogen and oxygen atoms in total. The topological polar surface area (TPSA) is 368 Å². The Balaban J connectivity index is 0.992. The number of primary amides is 1. The summed E-state index contributed by atoms with van der Waals surface area (Å²) in [4.78, 5) is 133. The number of fused-ring (bicyclic) bond motifs is 16. The van der Waals surface area contributed by atoms with E-state index >= 15 is 4.79 Å². The number of carbonyl (C=O) groups is 7. The second kappa shape index (κ2) is 26.6. The van der Waals surface area contributed by atoms with Crippen LogP contribution in [0.4, 0.5) is 0 Å². The van der Waals surface area contributed by atoms with E-state index in [-0.39, 0.29) is 85.8 Å². The standard InChI is InChI=1S/C61H53N13O11S6/c1-26-17-45(79)74-49(26)60-71-42(25-90-60)57-68-39(22-87-57)47-35(15-16-36(65-47)56-70-40(24-88-56)52(82)64-28(3)51(81)63-27(2)29(4)75)55-69-41(23-86-55)53(83)66-37(20-44(62)78)58-73-46(30(5)91-58)54(84)72-48(50(80)32-9-7-6-8-10-32)59-67-38(21-89-59)43(77)19-33(61(74)85)18-31-11-13-34(76)14-12-31/h6-16,21-26,33,37,45,48-50,75-76,79-80H,2-4,17-20H2,1,5H3,(H2,62,78)(H,63,81)(H,64,82)(H,66,83)(H,72,84). The van der Waals surface area contributed by atoms with Gasteiger partial charge in [0, 0.05) is 49.7 Å². The fourth-order valence-corrected chi connectivity index (χ4v) is 15.5. The van der Waals surface area contributed by atoms with Crippen molar-refractivity contribution in [2.75, 3.05) is 0 Å². The lowest BCUT2D eigenvalue weighted by molar-refractivity contribution is -0.145. The van der Waals surface area contributed by atoms with Gasteiger partial charge in [0.2, 0.25) is 11.8 Å². The van der Waals surface area contributed by atoms with Gasteiger partial charge < -0.3 is 52.3 Å². The molecule has 6 amide bonds. The first-order chi connectivity index (χ1) is 43.6. The minimum absolute atomic E-state index is 0.00504. The summed E-state index contributed by atoms with van der Waals surface area (Å²) in [5.41, 5.74) is 7.72. The Morgan fingerprint density at radius 2 is 1.38 bits per heavy atom. The minimum atomic E-state index is -1.41. The summed E-state index contributed by atoms with van der Waals surface area (Å²) < 4.78 is 0. The molecule has 30 heteroatoms. The number of phenols is 1. The molecule has 0 saturated carbocycles. The van der Waals surface area contributed by atoms with E-state index in [1.54, 1.807) is 72.3 Å². The first kappa shape index (κ1) is 63.2. The number of aromatic hydroxyl groups is 1. The van der Waals surface area contributed by atoms with Crippen molar-refractivity contribution in [3.63, 3.8) is 0 Å². The molecule has 2 aromatic carbocycles. The van der Waals surface area contributed by atoms with E-state index in [2.05, 4.69) is 56.0 Å². The van der Waals surface area contributed by atoms with Crippen molar-refractivity contribution in [3.8, 4) is 49.1 Å². The molecule has 0 radical (unpaired) electrons. The summed E-state index contributed by atoms with van der Waals surface area (Å²) in [5.74, 6) is -6.85. The van der Waals surface area contributed by atoms with Crippen molar-refractivity contribution >= 4 is 109 Å². The fraction of sp³-hybridized carbons (Fsp3) is 0.213. The Kier molecular flexibility index (Phi) is 18.5. The van der Waals surface area contributed by atoms with Gasteiger partial charge in [-0.25, -0.2) is 34.9 Å². The lowest BCUT2D eigenvalue weighted by Crippen LogP contribution is -2.42. The molecule has 7 aromatic heterocycles. The Hall–Kier alpha value is -9.40. The Morgan fingerprint density at radius 1 is 0.714 bits per heavy atom. The van der Waals surface area contributed by atoms with E-state index in [0.717, 1.165) is 45.3 Å². The van der Waals surface area contributed by atoms with Gasteiger partial charge in [-0.1, -0.05) is 69.1 Å². The van der Waals surface area contributed by atoms with Crippen LogP contribution in [0.2, 0.25) is 0 Å². The third-order valence-electron chi connectivity index (χ3n) is 14.8. The third-order valence-corrected chi connectivity index (χ3v) is 20.3. The highest BCUT2D eigenvalue weighted by Crippen LogP contribution is 2.45. The average Bonchev–Trinajstić information content (AvgIpc) is 1.68. The highest BCUT2D eigenvalue weighted by Gasteiger charge is 2.46. The number of aliphatic hydroxyl groups is 3. The first-order valence-electron chi connectivity index (χ1n) is 27.7. The zero-order valence-corrected chi connectivity index (χ0v) is 52.9. The number of aryl methyl sites for hydroxylation is 1. The SMILES string of the molecule is C=C(O)C(=C)NC(=O)C(=C)NC(=O)c1csc(-c2ccc3c(n2)-c2csc(n2)-c2csc(n2)C2C(C)CC(O)N2C(=O)C(Cc2ccc(O)cc2)CC(=O)c2csc(n2)C(C(O)c2ccccc2)NC(=O)c2nc(sc2C)C(CC(N)=O)NC(=O)c2csc-3n2)n1. The summed E-state index contributed by atoms with van der Waals surface area (Å²) in [5, 5.41) is 63.7. The maximum absolute atomic E-state index is 15.3. The number of aromatic nitrogens is 7. The van der Waals surface area contributed by atoms with Crippen LogP contribution in [-0.4, -0.2) is 108 Å². The van der Waals surface area contributed by atoms with Gasteiger partial charge in [-0.3, -0.25) is 33.6 Å². The van der Waals surface area contributed by atoms with Crippen molar-refractivity contribution in [2.45, 2.75) is 70.0 Å². The first-order valence-corrected chi connectivity index (χ1v) is 32.9. The molecule has 11 rings (SSSR count). The molecule has 9 heterocycles. The van der Waals surface area contributed by atoms with Crippen molar-refractivity contribution in [3.05, 3.63) is 184 Å². The summed E-state index contributed by atoms with van der Waals surface area (Å²) in [7, 11) is 0. The van der Waals surface area contributed by atoms with Crippen LogP contribution in [0, 0.1) is 18.8 Å². The van der Waals surface area contributed by atoms with Gasteiger partial charge in [-0.05, 0) is 61.1 Å². The average molecular weight is 1340 g/mol. The number of phenolic OH excluding ortho intramolecular Hbond substituents is 1. The number of pyridine rings is 1. The normalized spacial score (nSPS) is 18.9. The summed E-state index contributed by atoms with van der Waals surface area (Å²) >= 11 is 6.71. The maximum atomic E-state index is 15.3. The van der Waals surface area contributed by atoms with Crippen molar-refractivity contribution in [1.29, 1.82) is 0 Å². The van der Waals surface area contributed by atoms with Crippen molar-refractivity contribution in [1.82, 2.24) is 61.1 Å². The second-order valence-electron chi connectivity index (χ2n) is 21.2. The van der Waals surface area contributed by atoms with Crippen LogP contribution in [0.3, 0.4) is 0 Å². The zero-order chi connectivity index (χ0) is 64.5. The van der Waals surface area contributed by atoms with Gasteiger partial charge in [-0.2, -0.15) is 0 Å². The van der Waals surface area contributed by atoms with Crippen LogP contribution in [0.5, 0.6) is 5.75 Å². The molecule has 2 aliphatic heterocycles. The molecule has 464 valence electrons. The number of ketones is 1. The molecule has 2 aliphatic rings. The number of benzene rings is 2. The molecular formula is C61H53N13O11S6. The van der Waals surface area contributed by atoms with Crippen LogP contribution in [0.25, 0.3) is 43.4 Å². The van der Waals surface area contributed by atoms with Crippen LogP contribution in [0.15, 0.2) is 131 Å². The van der Waals surface area contributed by atoms with Gasteiger partial charge in [0.25, 0.3) is 23.6 Å². The van der Waals surface area contributed by atoms with E-state index in [0.29, 0.717) is 53.7 Å². The Labute approximate surface area is 541 Å². The number of nitrogens with two attached hydrogens (primary N) is 1. The smallest absolute Gasteiger partial charge is 0.275 e. The number of hydrogen-bond acceptors (Lipinski definition) is 24. The largest absolute Gasteiger partial charge is 0.508 e. The highest BCUT2D eigenvalue weighted by molar-refractivity contribution is 7.15. The number of carbonyl (C=O) groups excluding carboxylic acids is 7. The molecular weight excluding hydrogens is 1280 g/mol. The predicted molar refractivity (Wildman–Crippen MR) is 343 cm³/mol. The number of Topliss-reactive ketones (excluding diaryl/α,β-unsaturated/α-hetero) is 1. The van der Waals surface area contributed by atoms with Crippen LogP contribution >= 0.6 is 68.0 Å². The minimum Gasteiger partial charge on any atom is -0.508 e. The number of hydrogen-bond donors (Lipinski definition) is 9. The summed E-state index contributed by atoms with van der Waals surface area (Å²) in [6.45, 7) is 13.9. The van der Waals surface area contributed by atoms with Gasteiger partial charge >= 0.3 is 0 Å². The maximum Gasteiger partial charge on any atom is 0.275 e. The molecule has 1 saturated heterocycles. The second-order valence-corrected chi connectivity index (χ2v) is 26.8. The number of amides is 6. The summed E-state index contributed by atoms with van der Waals surface area (Å²) in [6, 6.07) is 14.9. The monoisotopic (exact) mass is 1340 g/mol. The van der Waals surface area contributed by atoms with Gasteiger partial charge in [0.15, 0.2) is 5.78 Å². The zero-order valence-electron chi connectivity index (χ0n) is 48.0. The van der Waals surface area contributed by atoms with Crippen molar-refractivity contribution in [2.24, 2.45) is 17.6 Å². The highest BCUT2D eigenvalue weighted by atomic mass is 32.1. The van der Waals surface area contributed by atoms with Gasteiger partial charge in [-0.15, -0.1) is 68.0 Å². The van der Waals surface area contributed by atoms with E-state index in [4.69, 9.17) is 25.7 Å². The van der Waals surface area contributed by atoms with E-state index in [9.17, 15) is 49.2 Å². The van der Waals surface area contributed by atoms with Crippen LogP contribution in [0.1, 0.15) is 123 Å². The summed E-state index contributed by atoms with van der Waals surface area (Å²) in [6.07, 6.45) is -3.27. The quantitative estimate of drug-likeness (QED) is 0.0314. The van der Waals surface area contributed by atoms with E-state index in [1.165, 1.54) is 55.8 Å². The number of thiazole rings is 6. The molecule has 91 heavy (non-hydrogen) atoms. The molecule has 7 atom stereocenters. The third kappa shape index (κ3) is 13.7. The van der Waals surface area contributed by atoms with E-state index < -0.39 is 89.8 Å². The van der Waals surface area contributed by atoms with Crippen LogP contribution < -0.4 is 27.0 Å². The number of aliphatic hydroxyl groups excluding tert-OH is 3. The Morgan fingerprint density at radius 3 is 2.13 bits per heavy atom. The molecule has 0 spiro atoms. The van der Waals surface area contributed by atoms with E-state index in [1.807, 2.05) is 6.92 Å². The lowest BCUT2D eigenvalue weighted by Gasteiger charge is -2.31. The molecule has 1 fully saturated rings. The van der Waals surface area contributed by atoms with Gasteiger partial charge in [0.05, 0.1) is 35.6 Å². The number of nitrogens with zero attached hydrogens (tertiary/aromatic N) is 8.